The van der Waals surface area contributed by atoms with Crippen LogP contribution in [0.15, 0.2) is 54.6 Å². The largest absolute Gasteiger partial charge is 0.339 e. The van der Waals surface area contributed by atoms with Crippen LogP contribution in [0.4, 0.5) is 11.4 Å². The highest BCUT2D eigenvalue weighted by molar-refractivity contribution is 5.97. The zero-order valence-electron chi connectivity index (χ0n) is 18.3. The number of carbonyl (C=O) groups excluding carboxylic acids is 3. The molecule has 0 radical (unpaired) electrons. The Bertz CT molecular complexity index is 1020. The van der Waals surface area contributed by atoms with Gasteiger partial charge in [-0.2, -0.15) is 0 Å². The number of hydrogen-bond donors (Lipinski definition) is 2. The first-order valence-corrected chi connectivity index (χ1v) is 11.2. The molecule has 2 aromatic carbocycles. The second-order valence-corrected chi connectivity index (χ2v) is 8.63. The van der Waals surface area contributed by atoms with Gasteiger partial charge in [-0.15, -0.1) is 0 Å². The van der Waals surface area contributed by atoms with Gasteiger partial charge >= 0.3 is 0 Å². The molecular formula is C26H29N3O3. The number of carbonyl (C=O) groups is 3. The second-order valence-electron chi connectivity index (χ2n) is 8.63. The monoisotopic (exact) mass is 431 g/mol. The molecular weight excluding hydrogens is 402 g/mol. The first kappa shape index (κ1) is 21.8. The Labute approximate surface area is 188 Å². The zero-order chi connectivity index (χ0) is 22.5. The molecule has 1 aliphatic heterocycles. The molecule has 4 rings (SSSR count). The van der Waals surface area contributed by atoms with Crippen molar-refractivity contribution in [3.8, 4) is 0 Å². The van der Waals surface area contributed by atoms with Gasteiger partial charge in [0, 0.05) is 42.4 Å². The fourth-order valence-electron chi connectivity index (χ4n) is 3.86. The maximum Gasteiger partial charge on any atom is 0.246 e. The molecule has 2 N–H and O–H groups in total. The number of nitrogens with zero attached hydrogens (tertiary/aromatic N) is 1. The highest BCUT2D eigenvalue weighted by atomic mass is 16.2. The summed E-state index contributed by atoms with van der Waals surface area (Å²) < 4.78 is 0. The lowest BCUT2D eigenvalue weighted by Gasteiger charge is -2.30. The number of aryl methyl sites for hydroxylation is 1. The summed E-state index contributed by atoms with van der Waals surface area (Å²) in [7, 11) is 0. The maximum atomic E-state index is 12.8. The molecule has 6 nitrogen and oxygen atoms in total. The number of hydrogen-bond acceptors (Lipinski definition) is 3. The van der Waals surface area contributed by atoms with Crippen LogP contribution in [0.25, 0.3) is 6.08 Å². The fraction of sp³-hybridized carbons (Fsp3) is 0.346. The Hall–Kier alpha value is -3.41. The molecule has 1 saturated heterocycles. The number of nitrogens with one attached hydrogen (secondary N) is 2. The molecule has 0 atom stereocenters. The van der Waals surface area contributed by atoms with Crippen LogP contribution < -0.4 is 10.6 Å². The van der Waals surface area contributed by atoms with E-state index in [0.717, 1.165) is 24.0 Å². The molecule has 6 heteroatoms. The van der Waals surface area contributed by atoms with Crippen molar-refractivity contribution in [2.24, 2.45) is 11.8 Å². The van der Waals surface area contributed by atoms with Crippen LogP contribution in [0.5, 0.6) is 0 Å². The molecule has 0 unspecified atom stereocenters. The van der Waals surface area contributed by atoms with Crippen LogP contribution >= 0.6 is 0 Å². The molecule has 1 saturated carbocycles. The minimum atomic E-state index is -0.138. The Morgan fingerprint density at radius 1 is 0.875 bits per heavy atom. The Balaban J connectivity index is 1.29. The van der Waals surface area contributed by atoms with Crippen molar-refractivity contribution in [3.63, 3.8) is 0 Å². The van der Waals surface area contributed by atoms with Gasteiger partial charge in [-0.05, 0) is 61.9 Å². The molecule has 2 fully saturated rings. The lowest BCUT2D eigenvalue weighted by molar-refractivity contribution is -0.130. The minimum absolute atomic E-state index is 0.0253. The van der Waals surface area contributed by atoms with E-state index in [1.807, 2.05) is 61.5 Å². The lowest BCUT2D eigenvalue weighted by atomic mass is 9.95. The number of benzene rings is 2. The third-order valence-electron chi connectivity index (χ3n) is 6.11. The van der Waals surface area contributed by atoms with Crippen molar-refractivity contribution >= 4 is 35.2 Å². The molecule has 3 amide bonds. The number of amides is 3. The summed E-state index contributed by atoms with van der Waals surface area (Å²) in [6.45, 7) is 3.06. The maximum absolute atomic E-state index is 12.8. The lowest BCUT2D eigenvalue weighted by Crippen LogP contribution is -2.40. The molecule has 166 valence electrons. The molecule has 0 bridgehead atoms. The summed E-state index contributed by atoms with van der Waals surface area (Å²) in [5, 5.41) is 5.95. The van der Waals surface area contributed by atoms with Crippen molar-refractivity contribution < 1.29 is 14.4 Å². The van der Waals surface area contributed by atoms with Gasteiger partial charge in [0.25, 0.3) is 0 Å². The number of piperidine rings is 1. The predicted octanol–water partition coefficient (Wildman–Crippen LogP) is 4.23. The van der Waals surface area contributed by atoms with E-state index >= 15 is 0 Å². The second kappa shape index (κ2) is 9.81. The Kier molecular flexibility index (Phi) is 6.69. The van der Waals surface area contributed by atoms with Gasteiger partial charge in [-0.1, -0.05) is 36.4 Å². The van der Waals surface area contributed by atoms with E-state index in [0.29, 0.717) is 37.3 Å². The molecule has 1 heterocycles. The van der Waals surface area contributed by atoms with E-state index in [1.165, 1.54) is 0 Å². The summed E-state index contributed by atoms with van der Waals surface area (Å²) >= 11 is 0. The van der Waals surface area contributed by atoms with E-state index in [-0.39, 0.29) is 29.6 Å². The summed E-state index contributed by atoms with van der Waals surface area (Å²) in [6.07, 6.45) is 6.58. The summed E-state index contributed by atoms with van der Waals surface area (Å²) in [6, 6.07) is 15.3. The molecule has 0 aromatic heterocycles. The molecule has 1 aliphatic carbocycles. The molecule has 0 spiro atoms. The Morgan fingerprint density at radius 3 is 2.22 bits per heavy atom. The first-order valence-electron chi connectivity index (χ1n) is 11.2. The average Bonchev–Trinajstić information content (AvgIpc) is 3.66. The van der Waals surface area contributed by atoms with Crippen molar-refractivity contribution in [2.45, 2.75) is 32.6 Å². The highest BCUT2D eigenvalue weighted by Gasteiger charge is 2.30. The predicted molar refractivity (Wildman–Crippen MR) is 126 cm³/mol. The fourth-order valence-corrected chi connectivity index (χ4v) is 3.86. The smallest absolute Gasteiger partial charge is 0.246 e. The number of anilines is 2. The summed E-state index contributed by atoms with van der Waals surface area (Å²) in [5.41, 5.74) is 3.35. The van der Waals surface area contributed by atoms with Gasteiger partial charge < -0.3 is 15.5 Å². The number of likely N-dealkylation sites (tertiary alicyclic amines) is 1. The summed E-state index contributed by atoms with van der Waals surface area (Å²) in [5.74, 6) is -0.0242. The minimum Gasteiger partial charge on any atom is -0.339 e. The van der Waals surface area contributed by atoms with Crippen LogP contribution in [-0.4, -0.2) is 35.7 Å². The molecule has 32 heavy (non-hydrogen) atoms. The van der Waals surface area contributed by atoms with Crippen LogP contribution in [0.1, 0.15) is 36.8 Å². The van der Waals surface area contributed by atoms with Crippen LogP contribution in [0.2, 0.25) is 0 Å². The average molecular weight is 432 g/mol. The SMILES string of the molecule is Cc1ccc(NC(=O)C2CC2)cc1NC(=O)C1CCN(C(=O)/C=C/c2ccccc2)CC1. The van der Waals surface area contributed by atoms with E-state index in [4.69, 9.17) is 0 Å². The summed E-state index contributed by atoms with van der Waals surface area (Å²) in [4.78, 5) is 39.1. The third-order valence-corrected chi connectivity index (χ3v) is 6.11. The van der Waals surface area contributed by atoms with Crippen molar-refractivity contribution in [1.29, 1.82) is 0 Å². The van der Waals surface area contributed by atoms with Crippen molar-refractivity contribution in [2.75, 3.05) is 23.7 Å². The van der Waals surface area contributed by atoms with Gasteiger partial charge in [0.1, 0.15) is 0 Å². The van der Waals surface area contributed by atoms with Crippen LogP contribution in [0, 0.1) is 18.8 Å². The van der Waals surface area contributed by atoms with Crippen LogP contribution in [-0.2, 0) is 14.4 Å². The standard InChI is InChI=1S/C26H29N3O3/c1-18-7-11-22(27-25(31)20-9-10-20)17-23(18)28-26(32)21-13-15-29(16-14-21)24(30)12-8-19-5-3-2-4-6-19/h2-8,11-12,17,20-21H,9-10,13-16H2,1H3,(H,27,31)(H,28,32)/b12-8+. The molecule has 2 aliphatic rings. The first-order chi connectivity index (χ1) is 15.5. The quantitative estimate of drug-likeness (QED) is 0.672. The van der Waals surface area contributed by atoms with Crippen molar-refractivity contribution in [1.82, 2.24) is 4.90 Å². The topological polar surface area (TPSA) is 78.5 Å². The van der Waals surface area contributed by atoms with E-state index < -0.39 is 0 Å². The molecule has 2 aromatic rings. The van der Waals surface area contributed by atoms with E-state index in [9.17, 15) is 14.4 Å². The van der Waals surface area contributed by atoms with Gasteiger partial charge in [0.2, 0.25) is 17.7 Å². The Morgan fingerprint density at radius 2 is 1.53 bits per heavy atom. The normalized spacial score (nSPS) is 16.7. The van der Waals surface area contributed by atoms with Gasteiger partial charge in [-0.25, -0.2) is 0 Å². The van der Waals surface area contributed by atoms with E-state index in [2.05, 4.69) is 10.6 Å². The number of rotatable bonds is 6. The van der Waals surface area contributed by atoms with Gasteiger partial charge in [-0.3, -0.25) is 14.4 Å². The third kappa shape index (κ3) is 5.63. The van der Waals surface area contributed by atoms with Crippen molar-refractivity contribution in [3.05, 3.63) is 65.7 Å². The highest BCUT2D eigenvalue weighted by Crippen LogP contribution is 2.31. The van der Waals surface area contributed by atoms with E-state index in [1.54, 1.807) is 11.0 Å². The van der Waals surface area contributed by atoms with Crippen LogP contribution in [0.3, 0.4) is 0 Å². The van der Waals surface area contributed by atoms with Gasteiger partial charge in [0.05, 0.1) is 0 Å². The van der Waals surface area contributed by atoms with Gasteiger partial charge in [0.15, 0.2) is 0 Å². The zero-order valence-corrected chi connectivity index (χ0v) is 18.3.